The van der Waals surface area contributed by atoms with Gasteiger partial charge in [-0.2, -0.15) is 13.2 Å². The van der Waals surface area contributed by atoms with Crippen molar-refractivity contribution in [3.63, 3.8) is 0 Å². The molecule has 0 amide bonds. The van der Waals surface area contributed by atoms with Crippen LogP contribution in [0.15, 0.2) is 53.1 Å². The maximum atomic E-state index is 12.6. The first-order chi connectivity index (χ1) is 14.0. The fraction of sp³-hybridized carbons (Fsp3) is 0.227. The highest BCUT2D eigenvalue weighted by atomic mass is 19.4. The number of benzene rings is 2. The number of aryl methyl sites for hydroxylation is 3. The summed E-state index contributed by atoms with van der Waals surface area (Å²) in [6, 6.07) is 12.1. The maximum absolute atomic E-state index is 12.6. The number of alkyl halides is 3. The van der Waals surface area contributed by atoms with E-state index in [2.05, 4.69) is 4.98 Å². The maximum Gasteiger partial charge on any atom is 0.389 e. The molecule has 0 aliphatic carbocycles. The van der Waals surface area contributed by atoms with Crippen molar-refractivity contribution < 1.29 is 21.7 Å². The number of hydrogen-bond donors (Lipinski definition) is 0. The first kappa shape index (κ1) is 14.3. The topological polar surface area (TPSA) is 26.0 Å². The van der Waals surface area contributed by atoms with Crippen LogP contribution in [-0.4, -0.2) is 11.2 Å². The summed E-state index contributed by atoms with van der Waals surface area (Å²) >= 11 is 0. The number of pyridine rings is 1. The van der Waals surface area contributed by atoms with Gasteiger partial charge in [-0.3, -0.25) is 4.98 Å². The minimum Gasteiger partial charge on any atom is -0.461 e. The third-order valence-electron chi connectivity index (χ3n) is 4.54. The van der Waals surface area contributed by atoms with Crippen LogP contribution >= 0.6 is 0 Å². The zero-order valence-electron chi connectivity index (χ0n) is 17.5. The van der Waals surface area contributed by atoms with Gasteiger partial charge >= 0.3 is 6.18 Å². The van der Waals surface area contributed by atoms with Gasteiger partial charge in [0.15, 0.2) is 0 Å². The van der Waals surface area contributed by atoms with Gasteiger partial charge < -0.3 is 4.42 Å². The zero-order valence-corrected chi connectivity index (χ0v) is 14.5. The molecular weight excluding hydrogens is 351 g/mol. The summed E-state index contributed by atoms with van der Waals surface area (Å²) in [6.45, 7) is -0.477. The monoisotopic (exact) mass is 372 g/mol. The summed E-state index contributed by atoms with van der Waals surface area (Å²) in [4.78, 5) is 4.47. The van der Waals surface area contributed by atoms with Gasteiger partial charge in [0.2, 0.25) is 0 Å². The van der Waals surface area contributed by atoms with Crippen LogP contribution in [0.2, 0.25) is 0 Å². The van der Waals surface area contributed by atoms with Gasteiger partial charge in [-0.15, -0.1) is 0 Å². The van der Waals surface area contributed by atoms with E-state index in [0.717, 1.165) is 16.3 Å². The van der Waals surface area contributed by atoms with Crippen LogP contribution in [0.4, 0.5) is 13.2 Å². The van der Waals surface area contributed by atoms with Crippen molar-refractivity contribution in [2.45, 2.75) is 32.8 Å². The number of halogens is 3. The van der Waals surface area contributed by atoms with Gasteiger partial charge in [0.05, 0.1) is 5.69 Å². The SMILES string of the molecule is [2H]C([2H])([2H])c1cc2cc(C)cc(-c3nccc4cc(CCC(F)(F)F)ccc34)c2o1. The highest BCUT2D eigenvalue weighted by Gasteiger charge is 2.26. The van der Waals surface area contributed by atoms with Crippen LogP contribution in [0.3, 0.4) is 0 Å². The molecule has 0 aliphatic heterocycles. The van der Waals surface area contributed by atoms with Crippen molar-refractivity contribution in [3.8, 4) is 11.3 Å². The van der Waals surface area contributed by atoms with Gasteiger partial charge in [-0.05, 0) is 61.0 Å². The Morgan fingerprint density at radius 1 is 1.07 bits per heavy atom. The molecule has 0 spiro atoms. The zero-order chi connectivity index (χ0) is 21.7. The Labute approximate surface area is 158 Å². The fourth-order valence-corrected chi connectivity index (χ4v) is 3.36. The summed E-state index contributed by atoms with van der Waals surface area (Å²) < 4.78 is 66.2. The molecule has 0 saturated carbocycles. The lowest BCUT2D eigenvalue weighted by atomic mass is 9.98. The molecule has 0 atom stereocenters. The lowest BCUT2D eigenvalue weighted by molar-refractivity contribution is -0.133. The van der Waals surface area contributed by atoms with Gasteiger partial charge in [0.1, 0.15) is 11.3 Å². The van der Waals surface area contributed by atoms with Crippen LogP contribution in [0.1, 0.15) is 27.4 Å². The molecule has 4 aromatic rings. The molecule has 2 aromatic carbocycles. The van der Waals surface area contributed by atoms with Gasteiger partial charge in [0, 0.05) is 33.1 Å². The van der Waals surface area contributed by atoms with E-state index in [1.807, 2.05) is 19.1 Å². The van der Waals surface area contributed by atoms with Gasteiger partial charge in [-0.1, -0.05) is 18.2 Å². The van der Waals surface area contributed by atoms with Gasteiger partial charge in [0.25, 0.3) is 0 Å². The molecule has 138 valence electrons. The van der Waals surface area contributed by atoms with Crippen molar-refractivity contribution >= 4 is 21.7 Å². The van der Waals surface area contributed by atoms with Crippen molar-refractivity contribution in [2.75, 3.05) is 0 Å². The molecule has 0 aliphatic rings. The van der Waals surface area contributed by atoms with Crippen LogP contribution < -0.4 is 0 Å². The summed E-state index contributed by atoms with van der Waals surface area (Å²) in [5.41, 5.74) is 3.17. The number of furan rings is 1. The molecule has 2 heterocycles. The van der Waals surface area contributed by atoms with E-state index in [-0.39, 0.29) is 12.2 Å². The lowest BCUT2D eigenvalue weighted by Crippen LogP contribution is -2.08. The molecule has 0 saturated heterocycles. The number of hydrogen-bond acceptors (Lipinski definition) is 2. The lowest BCUT2D eigenvalue weighted by Gasteiger charge is -2.10. The molecule has 0 N–H and O–H groups in total. The Balaban J connectivity index is 1.85. The molecule has 2 aromatic heterocycles. The predicted molar refractivity (Wildman–Crippen MR) is 101 cm³/mol. The van der Waals surface area contributed by atoms with Crippen molar-refractivity contribution in [1.29, 1.82) is 0 Å². The fourth-order valence-electron chi connectivity index (χ4n) is 3.36. The first-order valence-corrected chi connectivity index (χ1v) is 8.51. The van der Waals surface area contributed by atoms with Crippen LogP contribution in [0, 0.1) is 13.8 Å². The summed E-state index contributed by atoms with van der Waals surface area (Å²) in [5.74, 6) is -0.0981. The highest BCUT2D eigenvalue weighted by molar-refractivity contribution is 6.02. The molecule has 2 nitrogen and oxygen atoms in total. The summed E-state index contributed by atoms with van der Waals surface area (Å²) in [5, 5.41) is 2.18. The predicted octanol–water partition coefficient (Wildman–Crippen LogP) is 6.76. The Morgan fingerprint density at radius 3 is 2.70 bits per heavy atom. The highest BCUT2D eigenvalue weighted by Crippen LogP contribution is 2.35. The van der Waals surface area contributed by atoms with Crippen LogP contribution in [0.5, 0.6) is 0 Å². The second-order valence-electron chi connectivity index (χ2n) is 6.67. The molecule has 0 fully saturated rings. The minimum atomic E-state index is -4.20. The molecule has 0 radical (unpaired) electrons. The normalized spacial score (nSPS) is 14.3. The number of aromatic nitrogens is 1. The van der Waals surface area contributed by atoms with E-state index in [1.165, 1.54) is 6.07 Å². The number of fused-ring (bicyclic) bond motifs is 2. The molecule has 5 heteroatoms. The van der Waals surface area contributed by atoms with Crippen LogP contribution in [-0.2, 0) is 6.42 Å². The first-order valence-electron chi connectivity index (χ1n) is 10.0. The summed E-state index contributed by atoms with van der Waals surface area (Å²) in [6.07, 6.45) is -3.58. The Kier molecular flexibility index (Phi) is 3.39. The quantitative estimate of drug-likeness (QED) is 0.397. The smallest absolute Gasteiger partial charge is 0.389 e. The number of nitrogens with zero attached hydrogens (tertiary/aromatic N) is 1. The molecule has 27 heavy (non-hydrogen) atoms. The Bertz CT molecular complexity index is 1240. The standard InChI is InChI=1S/C22H18F3NO/c1-13-9-17-11-14(2)27-21(17)19(10-13)20-18-4-3-15(5-7-22(23,24)25)12-16(18)6-8-26-20/h3-4,6,8-12H,5,7H2,1-2H3/i2D3. The van der Waals surface area contributed by atoms with Crippen molar-refractivity contribution in [3.05, 3.63) is 65.5 Å². The summed E-state index contributed by atoms with van der Waals surface area (Å²) in [7, 11) is 0. The largest absolute Gasteiger partial charge is 0.461 e. The van der Waals surface area contributed by atoms with Crippen molar-refractivity contribution in [1.82, 2.24) is 4.98 Å². The Morgan fingerprint density at radius 2 is 1.93 bits per heavy atom. The third kappa shape index (κ3) is 3.54. The molecule has 0 unspecified atom stereocenters. The average Bonchev–Trinajstić information content (AvgIpc) is 3.09. The third-order valence-corrected chi connectivity index (χ3v) is 4.54. The van der Waals surface area contributed by atoms with E-state index >= 15 is 0 Å². The average molecular weight is 372 g/mol. The van der Waals surface area contributed by atoms with Gasteiger partial charge in [-0.25, -0.2) is 0 Å². The second kappa shape index (κ2) is 6.41. The van der Waals surface area contributed by atoms with E-state index < -0.39 is 19.4 Å². The molecular formula is C22H18F3NO. The molecule has 4 rings (SSSR count). The van der Waals surface area contributed by atoms with E-state index in [1.54, 1.807) is 30.5 Å². The van der Waals surface area contributed by atoms with Crippen molar-refractivity contribution in [2.24, 2.45) is 0 Å². The minimum absolute atomic E-state index is 0.0914. The van der Waals surface area contributed by atoms with Crippen LogP contribution in [0.25, 0.3) is 33.0 Å². The van der Waals surface area contributed by atoms with E-state index in [0.29, 0.717) is 27.8 Å². The second-order valence-corrected chi connectivity index (χ2v) is 6.67. The van der Waals surface area contributed by atoms with E-state index in [4.69, 9.17) is 8.53 Å². The Hall–Kier alpha value is -2.82. The van der Waals surface area contributed by atoms with E-state index in [9.17, 15) is 13.2 Å². The number of rotatable bonds is 3. The molecule has 0 bridgehead atoms.